The molecule has 0 saturated carbocycles. The first-order valence-corrected chi connectivity index (χ1v) is 6.94. The normalized spacial score (nSPS) is 10.6. The largest absolute Gasteiger partial charge is 0.322 e. The first kappa shape index (κ1) is 13.7. The van der Waals surface area contributed by atoms with Crippen LogP contribution in [-0.2, 0) is 4.79 Å². The summed E-state index contributed by atoms with van der Waals surface area (Å²) < 4.78 is 0. The molecular formula is C15H12ClNOS. The summed E-state index contributed by atoms with van der Waals surface area (Å²) in [7, 11) is 0. The molecule has 0 radical (unpaired) electrons. The standard InChI is InChI=1S/C15H12ClNOS/c16-12-5-4-8-14(11-12)19-10-9-15(18)17-13-6-2-1-3-7-13/h1-11H,(H,17,18)/b10-9+. The number of hydrogen-bond acceptors (Lipinski definition) is 2. The van der Waals surface area contributed by atoms with E-state index in [1.54, 1.807) is 5.41 Å². The van der Waals surface area contributed by atoms with Crippen LogP contribution < -0.4 is 5.32 Å². The highest BCUT2D eigenvalue weighted by molar-refractivity contribution is 8.02. The van der Waals surface area contributed by atoms with Gasteiger partial charge in [0, 0.05) is 21.7 Å². The molecule has 2 aromatic carbocycles. The minimum Gasteiger partial charge on any atom is -0.322 e. The van der Waals surface area contributed by atoms with E-state index in [0.29, 0.717) is 5.02 Å². The molecule has 0 fully saturated rings. The Morgan fingerprint density at radius 2 is 1.89 bits per heavy atom. The van der Waals surface area contributed by atoms with Crippen LogP contribution in [0.5, 0.6) is 0 Å². The van der Waals surface area contributed by atoms with E-state index in [9.17, 15) is 4.79 Å². The van der Waals surface area contributed by atoms with E-state index >= 15 is 0 Å². The summed E-state index contributed by atoms with van der Waals surface area (Å²) in [6.45, 7) is 0. The SMILES string of the molecule is O=C(/C=C/Sc1cccc(Cl)c1)Nc1ccccc1. The third-order valence-corrected chi connectivity index (χ3v) is 3.29. The van der Waals surface area contributed by atoms with Crippen LogP contribution in [0.25, 0.3) is 0 Å². The molecule has 4 heteroatoms. The van der Waals surface area contributed by atoms with E-state index in [1.807, 2.05) is 54.6 Å². The van der Waals surface area contributed by atoms with Gasteiger partial charge in [-0.2, -0.15) is 0 Å². The predicted molar refractivity (Wildman–Crippen MR) is 81.5 cm³/mol. The van der Waals surface area contributed by atoms with Crippen molar-refractivity contribution in [1.82, 2.24) is 0 Å². The third-order valence-electron chi connectivity index (χ3n) is 2.26. The third kappa shape index (κ3) is 4.81. The van der Waals surface area contributed by atoms with Crippen molar-refractivity contribution >= 4 is 35.0 Å². The van der Waals surface area contributed by atoms with Gasteiger partial charge in [0.25, 0.3) is 0 Å². The predicted octanol–water partition coefficient (Wildman–Crippen LogP) is 4.58. The molecule has 0 atom stereocenters. The van der Waals surface area contributed by atoms with Crippen LogP contribution in [0.2, 0.25) is 5.02 Å². The van der Waals surface area contributed by atoms with Gasteiger partial charge in [-0.1, -0.05) is 47.6 Å². The van der Waals surface area contributed by atoms with Crippen molar-refractivity contribution in [1.29, 1.82) is 0 Å². The van der Waals surface area contributed by atoms with Crippen LogP contribution in [0.3, 0.4) is 0 Å². The Labute approximate surface area is 121 Å². The lowest BCUT2D eigenvalue weighted by atomic mass is 10.3. The van der Waals surface area contributed by atoms with Crippen LogP contribution in [0.15, 0.2) is 71.0 Å². The second-order valence-electron chi connectivity index (χ2n) is 3.73. The fourth-order valence-electron chi connectivity index (χ4n) is 1.42. The summed E-state index contributed by atoms with van der Waals surface area (Å²) in [5, 5.41) is 5.20. The molecule has 1 N–H and O–H groups in total. The topological polar surface area (TPSA) is 29.1 Å². The minimum absolute atomic E-state index is 0.152. The van der Waals surface area contributed by atoms with Gasteiger partial charge in [0.1, 0.15) is 0 Å². The fourth-order valence-corrected chi connectivity index (χ4v) is 2.38. The van der Waals surface area contributed by atoms with Crippen LogP contribution in [0, 0.1) is 0 Å². The van der Waals surface area contributed by atoms with Crippen molar-refractivity contribution < 1.29 is 4.79 Å². The molecule has 0 aliphatic rings. The van der Waals surface area contributed by atoms with Gasteiger partial charge in [-0.25, -0.2) is 0 Å². The smallest absolute Gasteiger partial charge is 0.248 e. The van der Waals surface area contributed by atoms with Crippen LogP contribution in [-0.4, -0.2) is 5.91 Å². The maximum absolute atomic E-state index is 11.6. The zero-order valence-electron chi connectivity index (χ0n) is 10.0. The number of thioether (sulfide) groups is 1. The number of rotatable bonds is 4. The summed E-state index contributed by atoms with van der Waals surface area (Å²) in [6, 6.07) is 16.8. The Bertz CT molecular complexity index is 584. The Hall–Kier alpha value is -1.71. The number of carbonyl (C=O) groups is 1. The minimum atomic E-state index is -0.152. The molecule has 0 bridgehead atoms. The number of halogens is 1. The van der Waals surface area contributed by atoms with Gasteiger partial charge in [-0.15, -0.1) is 0 Å². The lowest BCUT2D eigenvalue weighted by Crippen LogP contribution is -2.07. The number of carbonyl (C=O) groups excluding carboxylic acids is 1. The van der Waals surface area contributed by atoms with E-state index in [0.717, 1.165) is 10.6 Å². The summed E-state index contributed by atoms with van der Waals surface area (Å²) in [5.74, 6) is -0.152. The van der Waals surface area contributed by atoms with Gasteiger partial charge in [0.2, 0.25) is 5.91 Å². The maximum atomic E-state index is 11.6. The van der Waals surface area contributed by atoms with Crippen molar-refractivity contribution in [2.24, 2.45) is 0 Å². The molecule has 2 nitrogen and oxygen atoms in total. The molecule has 2 rings (SSSR count). The number of benzene rings is 2. The molecule has 96 valence electrons. The Morgan fingerprint density at radius 3 is 2.63 bits per heavy atom. The quantitative estimate of drug-likeness (QED) is 0.659. The van der Waals surface area contributed by atoms with Crippen molar-refractivity contribution in [2.75, 3.05) is 5.32 Å². The van der Waals surface area contributed by atoms with Gasteiger partial charge < -0.3 is 5.32 Å². The van der Waals surface area contributed by atoms with Gasteiger partial charge in [0.15, 0.2) is 0 Å². The molecule has 1 amide bonds. The molecule has 0 aliphatic heterocycles. The summed E-state index contributed by atoms with van der Waals surface area (Å²) in [4.78, 5) is 12.6. The Balaban J connectivity index is 1.87. The van der Waals surface area contributed by atoms with E-state index in [1.165, 1.54) is 17.8 Å². The van der Waals surface area contributed by atoms with Gasteiger partial charge in [-0.3, -0.25) is 4.79 Å². The Morgan fingerprint density at radius 1 is 1.11 bits per heavy atom. The zero-order valence-corrected chi connectivity index (χ0v) is 11.6. The van der Waals surface area contributed by atoms with Crippen molar-refractivity contribution in [3.8, 4) is 0 Å². The molecule has 0 unspecified atom stereocenters. The first-order chi connectivity index (χ1) is 9.24. The lowest BCUT2D eigenvalue weighted by molar-refractivity contribution is -0.111. The molecule has 0 spiro atoms. The molecule has 0 heterocycles. The van der Waals surface area contributed by atoms with Gasteiger partial charge in [-0.05, 0) is 35.7 Å². The van der Waals surface area contributed by atoms with Crippen LogP contribution in [0.1, 0.15) is 0 Å². The monoisotopic (exact) mass is 289 g/mol. The van der Waals surface area contributed by atoms with E-state index < -0.39 is 0 Å². The summed E-state index contributed by atoms with van der Waals surface area (Å²) >= 11 is 7.32. The first-order valence-electron chi connectivity index (χ1n) is 5.69. The highest BCUT2D eigenvalue weighted by atomic mass is 35.5. The van der Waals surface area contributed by atoms with E-state index in [2.05, 4.69) is 5.32 Å². The van der Waals surface area contributed by atoms with E-state index in [-0.39, 0.29) is 5.91 Å². The van der Waals surface area contributed by atoms with Crippen LogP contribution in [0.4, 0.5) is 5.69 Å². The van der Waals surface area contributed by atoms with Crippen molar-refractivity contribution in [3.63, 3.8) is 0 Å². The zero-order chi connectivity index (χ0) is 13.5. The van der Waals surface area contributed by atoms with Crippen molar-refractivity contribution in [3.05, 3.63) is 71.1 Å². The average Bonchev–Trinajstić information content (AvgIpc) is 2.40. The molecular weight excluding hydrogens is 278 g/mol. The molecule has 0 saturated heterocycles. The Kier molecular flexibility index (Phi) is 5.07. The second kappa shape index (κ2) is 7.02. The average molecular weight is 290 g/mol. The molecule has 19 heavy (non-hydrogen) atoms. The van der Waals surface area contributed by atoms with E-state index in [4.69, 9.17) is 11.6 Å². The highest BCUT2D eigenvalue weighted by Crippen LogP contribution is 2.22. The number of nitrogens with one attached hydrogen (secondary N) is 1. The second-order valence-corrected chi connectivity index (χ2v) is 5.15. The number of para-hydroxylation sites is 1. The molecule has 2 aromatic rings. The van der Waals surface area contributed by atoms with Crippen LogP contribution >= 0.6 is 23.4 Å². The van der Waals surface area contributed by atoms with Gasteiger partial charge >= 0.3 is 0 Å². The number of anilines is 1. The summed E-state index contributed by atoms with van der Waals surface area (Å²) in [6.07, 6.45) is 1.50. The van der Waals surface area contributed by atoms with Gasteiger partial charge in [0.05, 0.1) is 0 Å². The maximum Gasteiger partial charge on any atom is 0.248 e. The highest BCUT2D eigenvalue weighted by Gasteiger charge is 1.97. The number of hydrogen-bond donors (Lipinski definition) is 1. The summed E-state index contributed by atoms with van der Waals surface area (Å²) in [5.41, 5.74) is 0.782. The number of amides is 1. The fraction of sp³-hybridized carbons (Fsp3) is 0. The molecule has 0 aliphatic carbocycles. The van der Waals surface area contributed by atoms with Crippen molar-refractivity contribution in [2.45, 2.75) is 4.90 Å². The molecule has 0 aromatic heterocycles. The lowest BCUT2D eigenvalue weighted by Gasteiger charge is -2.00.